The van der Waals surface area contributed by atoms with E-state index in [1.807, 2.05) is 73.7 Å². The van der Waals surface area contributed by atoms with E-state index in [4.69, 9.17) is 14.2 Å². The molecule has 0 radical (unpaired) electrons. The standard InChI is InChI=1S/C32H29NO5/c1-20-29(32(35)36-15-14-21-8-4-2-5-9-21)30(23-12-13-27-28(18-23)38-19-37-27)31-25(33-20)16-24(17-26(31)34)22-10-6-3-7-11-22/h2-13,18,24,30,33H,14-17,19H2,1H3/t24-,30-/m0/s1. The molecule has 0 amide bonds. The van der Waals surface area contributed by atoms with E-state index < -0.39 is 11.9 Å². The fraction of sp³-hybridized carbons (Fsp3) is 0.250. The third-order valence-electron chi connectivity index (χ3n) is 7.52. The zero-order valence-corrected chi connectivity index (χ0v) is 21.2. The van der Waals surface area contributed by atoms with E-state index in [-0.39, 0.29) is 25.1 Å². The molecule has 0 fully saturated rings. The number of allylic oxidation sites excluding steroid dienone is 3. The highest BCUT2D eigenvalue weighted by atomic mass is 16.7. The van der Waals surface area contributed by atoms with Crippen LogP contribution in [-0.2, 0) is 20.7 Å². The second-order valence-electron chi connectivity index (χ2n) is 9.91. The molecule has 0 spiro atoms. The highest BCUT2D eigenvalue weighted by Gasteiger charge is 2.41. The van der Waals surface area contributed by atoms with Crippen molar-refractivity contribution in [2.45, 2.75) is 38.0 Å². The molecule has 3 aromatic rings. The van der Waals surface area contributed by atoms with Crippen LogP contribution in [0.5, 0.6) is 11.5 Å². The number of hydrogen-bond acceptors (Lipinski definition) is 6. The Kier molecular flexibility index (Phi) is 6.46. The smallest absolute Gasteiger partial charge is 0.336 e. The Balaban J connectivity index is 1.34. The molecule has 1 N–H and O–H groups in total. The predicted octanol–water partition coefficient (Wildman–Crippen LogP) is 5.56. The molecule has 192 valence electrons. The van der Waals surface area contributed by atoms with Crippen LogP contribution in [0.4, 0.5) is 0 Å². The van der Waals surface area contributed by atoms with Crippen LogP contribution in [0.2, 0.25) is 0 Å². The maximum absolute atomic E-state index is 13.8. The lowest BCUT2D eigenvalue weighted by molar-refractivity contribution is -0.139. The van der Waals surface area contributed by atoms with Gasteiger partial charge in [0.1, 0.15) is 0 Å². The van der Waals surface area contributed by atoms with Crippen molar-refractivity contribution in [2.24, 2.45) is 0 Å². The van der Waals surface area contributed by atoms with Gasteiger partial charge in [0.2, 0.25) is 6.79 Å². The summed E-state index contributed by atoms with van der Waals surface area (Å²) in [5, 5.41) is 3.42. The number of ether oxygens (including phenoxy) is 3. The Morgan fingerprint density at radius 3 is 2.45 bits per heavy atom. The van der Waals surface area contributed by atoms with E-state index >= 15 is 0 Å². The number of nitrogens with one attached hydrogen (secondary N) is 1. The molecule has 3 aliphatic rings. The Morgan fingerprint density at radius 1 is 0.921 bits per heavy atom. The van der Waals surface area contributed by atoms with Crippen molar-refractivity contribution in [3.05, 3.63) is 118 Å². The van der Waals surface area contributed by atoms with E-state index in [0.717, 1.165) is 22.4 Å². The van der Waals surface area contributed by atoms with Gasteiger partial charge in [-0.1, -0.05) is 66.7 Å². The summed E-state index contributed by atoms with van der Waals surface area (Å²) in [5.41, 5.74) is 5.72. The lowest BCUT2D eigenvalue weighted by Crippen LogP contribution is -2.36. The van der Waals surface area contributed by atoms with Crippen molar-refractivity contribution < 1.29 is 23.8 Å². The maximum atomic E-state index is 13.8. The molecule has 6 rings (SSSR count). The van der Waals surface area contributed by atoms with Gasteiger partial charge in [0.25, 0.3) is 0 Å². The van der Waals surface area contributed by atoms with Crippen LogP contribution in [0.3, 0.4) is 0 Å². The summed E-state index contributed by atoms with van der Waals surface area (Å²) in [6, 6.07) is 25.7. The predicted molar refractivity (Wildman–Crippen MR) is 143 cm³/mol. The quantitative estimate of drug-likeness (QED) is 0.440. The molecule has 0 unspecified atom stereocenters. The number of benzene rings is 3. The molecule has 6 heteroatoms. The first-order valence-corrected chi connectivity index (χ1v) is 13.0. The average Bonchev–Trinajstić information content (AvgIpc) is 3.41. The molecule has 1 aliphatic carbocycles. The number of rotatable bonds is 6. The van der Waals surface area contributed by atoms with Crippen LogP contribution in [0.1, 0.15) is 48.3 Å². The monoisotopic (exact) mass is 507 g/mol. The Hall–Kier alpha value is -4.32. The minimum Gasteiger partial charge on any atom is -0.462 e. The molecule has 6 nitrogen and oxygen atoms in total. The molecule has 2 atom stereocenters. The van der Waals surface area contributed by atoms with Crippen molar-refractivity contribution in [1.82, 2.24) is 5.32 Å². The number of esters is 1. The third kappa shape index (κ3) is 4.58. The Morgan fingerprint density at radius 2 is 1.66 bits per heavy atom. The Bertz CT molecular complexity index is 1440. The zero-order valence-electron chi connectivity index (χ0n) is 21.2. The minimum atomic E-state index is -0.547. The number of fused-ring (bicyclic) bond motifs is 1. The van der Waals surface area contributed by atoms with E-state index in [1.165, 1.54) is 0 Å². The minimum absolute atomic E-state index is 0.0392. The van der Waals surface area contributed by atoms with E-state index in [1.54, 1.807) is 0 Å². The summed E-state index contributed by atoms with van der Waals surface area (Å²) in [7, 11) is 0. The summed E-state index contributed by atoms with van der Waals surface area (Å²) >= 11 is 0. The molecular weight excluding hydrogens is 478 g/mol. The Labute approximate surface area is 221 Å². The fourth-order valence-corrected chi connectivity index (χ4v) is 5.68. The highest BCUT2D eigenvalue weighted by Crippen LogP contribution is 2.47. The fourth-order valence-electron chi connectivity index (χ4n) is 5.68. The van der Waals surface area contributed by atoms with Crippen molar-refractivity contribution in [3.63, 3.8) is 0 Å². The SMILES string of the molecule is CC1=C(C(=O)OCCc2ccccc2)[C@H](c2ccc3c(c2)OCO3)C2=C(C[C@H](c3ccccc3)CC2=O)N1. The van der Waals surface area contributed by atoms with Gasteiger partial charge in [0.05, 0.1) is 12.2 Å². The molecule has 0 aromatic heterocycles. The molecule has 0 saturated heterocycles. The van der Waals surface area contributed by atoms with Gasteiger partial charge in [-0.3, -0.25) is 4.79 Å². The lowest BCUT2D eigenvalue weighted by atomic mass is 9.71. The summed E-state index contributed by atoms with van der Waals surface area (Å²) in [6.45, 7) is 2.29. The normalized spacial score (nSPS) is 20.2. The second-order valence-corrected chi connectivity index (χ2v) is 9.91. The van der Waals surface area contributed by atoms with Gasteiger partial charge < -0.3 is 19.5 Å². The molecule has 38 heavy (non-hydrogen) atoms. The van der Waals surface area contributed by atoms with E-state index in [2.05, 4.69) is 17.4 Å². The van der Waals surface area contributed by atoms with Gasteiger partial charge in [-0.2, -0.15) is 0 Å². The molecule has 3 aromatic carbocycles. The average molecular weight is 508 g/mol. The summed E-state index contributed by atoms with van der Waals surface area (Å²) in [5.74, 6) is 0.427. The van der Waals surface area contributed by atoms with Gasteiger partial charge in [-0.25, -0.2) is 4.79 Å². The number of hydrogen-bond donors (Lipinski definition) is 1. The van der Waals surface area contributed by atoms with E-state index in [0.29, 0.717) is 47.6 Å². The van der Waals surface area contributed by atoms with Crippen LogP contribution < -0.4 is 14.8 Å². The first-order chi connectivity index (χ1) is 18.6. The maximum Gasteiger partial charge on any atom is 0.336 e. The first-order valence-electron chi connectivity index (χ1n) is 13.0. The largest absolute Gasteiger partial charge is 0.462 e. The van der Waals surface area contributed by atoms with Gasteiger partial charge in [0.15, 0.2) is 17.3 Å². The van der Waals surface area contributed by atoms with E-state index in [9.17, 15) is 9.59 Å². The van der Waals surface area contributed by atoms with Crippen molar-refractivity contribution in [1.29, 1.82) is 0 Å². The lowest BCUT2D eigenvalue weighted by Gasteiger charge is -2.36. The molecule has 2 aliphatic heterocycles. The van der Waals surface area contributed by atoms with Crippen LogP contribution in [-0.4, -0.2) is 25.2 Å². The van der Waals surface area contributed by atoms with Crippen LogP contribution in [0, 0.1) is 0 Å². The van der Waals surface area contributed by atoms with Crippen molar-refractivity contribution in [3.8, 4) is 11.5 Å². The molecule has 2 heterocycles. The number of ketones is 1. The molecule has 0 bridgehead atoms. The second kappa shape index (κ2) is 10.2. The van der Waals surface area contributed by atoms with Crippen LogP contribution >= 0.6 is 0 Å². The number of dihydropyridines is 1. The van der Waals surface area contributed by atoms with Crippen LogP contribution in [0.15, 0.2) is 101 Å². The van der Waals surface area contributed by atoms with Gasteiger partial charge in [0, 0.05) is 35.7 Å². The summed E-state index contributed by atoms with van der Waals surface area (Å²) in [6.07, 6.45) is 1.70. The topological polar surface area (TPSA) is 73.9 Å². The zero-order chi connectivity index (χ0) is 26.1. The molecule has 0 saturated carbocycles. The summed E-state index contributed by atoms with van der Waals surface area (Å²) < 4.78 is 16.9. The van der Waals surface area contributed by atoms with Crippen molar-refractivity contribution in [2.75, 3.05) is 13.4 Å². The van der Waals surface area contributed by atoms with Gasteiger partial charge in [-0.15, -0.1) is 0 Å². The number of Topliss-reactive ketones (excluding diaryl/α,β-unsaturated/α-hetero) is 1. The third-order valence-corrected chi connectivity index (χ3v) is 7.52. The first kappa shape index (κ1) is 24.0. The van der Waals surface area contributed by atoms with Gasteiger partial charge in [-0.05, 0) is 48.1 Å². The van der Waals surface area contributed by atoms with Crippen LogP contribution in [0.25, 0.3) is 0 Å². The molecular formula is C32H29NO5. The summed E-state index contributed by atoms with van der Waals surface area (Å²) in [4.78, 5) is 27.3. The van der Waals surface area contributed by atoms with Gasteiger partial charge >= 0.3 is 5.97 Å². The highest BCUT2D eigenvalue weighted by molar-refractivity contribution is 6.04. The van der Waals surface area contributed by atoms with Crippen molar-refractivity contribution >= 4 is 11.8 Å². The number of carbonyl (C=O) groups is 2. The number of carbonyl (C=O) groups excluding carboxylic acids is 2.